The van der Waals surface area contributed by atoms with Gasteiger partial charge >= 0.3 is 0 Å². The van der Waals surface area contributed by atoms with Crippen molar-refractivity contribution in [3.05, 3.63) is 64.4 Å². The first-order chi connectivity index (χ1) is 13.5. The number of hydrogen-bond acceptors (Lipinski definition) is 3. The van der Waals surface area contributed by atoms with Crippen molar-refractivity contribution < 1.29 is 18.7 Å². The molecule has 156 valence electrons. The van der Waals surface area contributed by atoms with Crippen LogP contribution in [0.2, 0.25) is 0 Å². The van der Waals surface area contributed by atoms with Crippen LogP contribution in [0.3, 0.4) is 0 Å². The fraction of sp³-hybridized carbons (Fsp3) is 0.364. The molecular weight excluding hydrogens is 439 g/mol. The zero-order valence-electron chi connectivity index (χ0n) is 17.0. The van der Waals surface area contributed by atoms with Gasteiger partial charge in [0, 0.05) is 16.6 Å². The van der Waals surface area contributed by atoms with E-state index in [0.29, 0.717) is 5.75 Å². The lowest BCUT2D eigenvalue weighted by atomic mass is 10.1. The van der Waals surface area contributed by atoms with E-state index in [1.807, 2.05) is 45.0 Å². The summed E-state index contributed by atoms with van der Waals surface area (Å²) in [5.74, 6) is -0.582. The van der Waals surface area contributed by atoms with Gasteiger partial charge in [-0.1, -0.05) is 28.1 Å². The standard InChI is InChI=1S/C22H26BrFN2O3/c1-15(21(28)25-22(2,3)4)26(13-16-5-7-17(23)8-6-16)20(27)14-29-19-11-9-18(24)10-12-19/h5-12,15H,13-14H2,1-4H3,(H,25,28)/t15-/m1/s1. The molecule has 2 amide bonds. The van der Waals surface area contributed by atoms with Gasteiger partial charge in [-0.15, -0.1) is 0 Å². The molecule has 0 radical (unpaired) electrons. The first-order valence-electron chi connectivity index (χ1n) is 9.29. The molecule has 0 aliphatic rings. The minimum Gasteiger partial charge on any atom is -0.484 e. The third kappa shape index (κ3) is 7.49. The number of rotatable bonds is 7. The molecule has 0 saturated heterocycles. The maximum absolute atomic E-state index is 13.0. The van der Waals surface area contributed by atoms with Gasteiger partial charge in [-0.3, -0.25) is 9.59 Å². The molecule has 0 spiro atoms. The van der Waals surface area contributed by atoms with Gasteiger partial charge in [-0.25, -0.2) is 4.39 Å². The third-order valence-corrected chi connectivity index (χ3v) is 4.64. The zero-order chi connectivity index (χ0) is 21.6. The molecule has 0 aliphatic heterocycles. The number of nitrogens with zero attached hydrogens (tertiary/aromatic N) is 1. The Balaban J connectivity index is 2.15. The summed E-state index contributed by atoms with van der Waals surface area (Å²) in [7, 11) is 0. The van der Waals surface area contributed by atoms with Crippen molar-refractivity contribution in [3.63, 3.8) is 0 Å². The lowest BCUT2D eigenvalue weighted by Crippen LogP contribution is -2.53. The molecule has 2 aromatic rings. The summed E-state index contributed by atoms with van der Waals surface area (Å²) in [6.07, 6.45) is 0. The van der Waals surface area contributed by atoms with Crippen molar-refractivity contribution in [2.24, 2.45) is 0 Å². The average Bonchev–Trinajstić information content (AvgIpc) is 2.65. The largest absolute Gasteiger partial charge is 0.484 e. The normalized spacial score (nSPS) is 12.2. The van der Waals surface area contributed by atoms with Gasteiger partial charge in [0.15, 0.2) is 6.61 Å². The Bertz CT molecular complexity index is 833. The van der Waals surface area contributed by atoms with Gasteiger partial charge in [0.05, 0.1) is 0 Å². The summed E-state index contributed by atoms with van der Waals surface area (Å²) in [6, 6.07) is 12.3. The lowest BCUT2D eigenvalue weighted by Gasteiger charge is -2.31. The van der Waals surface area contributed by atoms with Crippen LogP contribution in [0, 0.1) is 5.82 Å². The fourth-order valence-electron chi connectivity index (χ4n) is 2.60. The Labute approximate surface area is 179 Å². The molecule has 2 aromatic carbocycles. The van der Waals surface area contributed by atoms with Crippen LogP contribution in [0.5, 0.6) is 5.75 Å². The van der Waals surface area contributed by atoms with E-state index in [2.05, 4.69) is 21.2 Å². The van der Waals surface area contributed by atoms with Gasteiger partial charge < -0.3 is 15.0 Å². The number of nitrogens with one attached hydrogen (secondary N) is 1. The molecule has 2 rings (SSSR count). The molecule has 0 saturated carbocycles. The van der Waals surface area contributed by atoms with Crippen LogP contribution >= 0.6 is 15.9 Å². The van der Waals surface area contributed by atoms with Crippen molar-refractivity contribution >= 4 is 27.7 Å². The molecule has 5 nitrogen and oxygen atoms in total. The molecule has 0 heterocycles. The van der Waals surface area contributed by atoms with Crippen molar-refractivity contribution in [1.29, 1.82) is 0 Å². The van der Waals surface area contributed by atoms with Gasteiger partial charge in [0.25, 0.3) is 5.91 Å². The number of carbonyl (C=O) groups is 2. The van der Waals surface area contributed by atoms with E-state index < -0.39 is 11.6 Å². The SMILES string of the molecule is C[C@H](C(=O)NC(C)(C)C)N(Cc1ccc(Br)cc1)C(=O)COc1ccc(F)cc1. The first kappa shape index (κ1) is 22.9. The highest BCUT2D eigenvalue weighted by Crippen LogP contribution is 2.16. The smallest absolute Gasteiger partial charge is 0.261 e. The minimum absolute atomic E-state index is 0.246. The van der Waals surface area contributed by atoms with Crippen LogP contribution in [0.4, 0.5) is 4.39 Å². The summed E-state index contributed by atoms with van der Waals surface area (Å²) in [4.78, 5) is 27.0. The van der Waals surface area contributed by atoms with Crippen molar-refractivity contribution in [1.82, 2.24) is 10.2 Å². The second-order valence-corrected chi connectivity index (χ2v) is 8.72. The molecule has 0 fully saturated rings. The molecule has 1 N–H and O–H groups in total. The highest BCUT2D eigenvalue weighted by molar-refractivity contribution is 9.10. The van der Waals surface area contributed by atoms with Crippen molar-refractivity contribution in [3.8, 4) is 5.75 Å². The molecule has 7 heteroatoms. The number of hydrogen-bond donors (Lipinski definition) is 1. The van der Waals surface area contributed by atoms with Gasteiger partial charge in [-0.05, 0) is 69.7 Å². The summed E-state index contributed by atoms with van der Waals surface area (Å²) in [6.45, 7) is 7.35. The van der Waals surface area contributed by atoms with E-state index >= 15 is 0 Å². The number of carbonyl (C=O) groups excluding carboxylic acids is 2. The number of halogens is 2. The number of ether oxygens (including phenoxy) is 1. The molecule has 0 aliphatic carbocycles. The predicted octanol–water partition coefficient (Wildman–Crippen LogP) is 4.30. The van der Waals surface area contributed by atoms with Gasteiger partial charge in [0.1, 0.15) is 17.6 Å². The maximum atomic E-state index is 13.0. The van der Waals surface area contributed by atoms with Crippen LogP contribution in [-0.4, -0.2) is 34.9 Å². The molecule has 0 aromatic heterocycles. The molecule has 0 unspecified atom stereocenters. The van der Waals surface area contributed by atoms with E-state index in [0.717, 1.165) is 10.0 Å². The van der Waals surface area contributed by atoms with Crippen molar-refractivity contribution in [2.75, 3.05) is 6.61 Å². The van der Waals surface area contributed by atoms with Gasteiger partial charge in [0.2, 0.25) is 5.91 Å². The second-order valence-electron chi connectivity index (χ2n) is 7.81. The summed E-state index contributed by atoms with van der Waals surface area (Å²) in [5.41, 5.74) is 0.473. The lowest BCUT2D eigenvalue weighted by molar-refractivity contribution is -0.142. The number of benzene rings is 2. The first-order valence-corrected chi connectivity index (χ1v) is 10.1. The Morgan fingerprint density at radius 3 is 2.24 bits per heavy atom. The van der Waals surface area contributed by atoms with E-state index in [1.54, 1.807) is 6.92 Å². The predicted molar refractivity (Wildman–Crippen MR) is 114 cm³/mol. The quantitative estimate of drug-likeness (QED) is 0.664. The highest BCUT2D eigenvalue weighted by Gasteiger charge is 2.28. The Hall–Kier alpha value is -2.41. The van der Waals surface area contributed by atoms with Crippen LogP contribution in [0.15, 0.2) is 53.0 Å². The van der Waals surface area contributed by atoms with Crippen LogP contribution in [0.1, 0.15) is 33.3 Å². The Morgan fingerprint density at radius 2 is 1.69 bits per heavy atom. The molecule has 1 atom stereocenters. The summed E-state index contributed by atoms with van der Waals surface area (Å²) < 4.78 is 19.5. The van der Waals surface area contributed by atoms with E-state index in [4.69, 9.17) is 4.74 Å². The Kier molecular flexibility index (Phi) is 7.79. The zero-order valence-corrected chi connectivity index (χ0v) is 18.6. The summed E-state index contributed by atoms with van der Waals surface area (Å²) >= 11 is 3.39. The van der Waals surface area contributed by atoms with Crippen molar-refractivity contribution in [2.45, 2.75) is 45.8 Å². The molecule has 29 heavy (non-hydrogen) atoms. The fourth-order valence-corrected chi connectivity index (χ4v) is 2.87. The van der Waals surface area contributed by atoms with E-state index in [1.165, 1.54) is 29.2 Å². The Morgan fingerprint density at radius 1 is 1.10 bits per heavy atom. The average molecular weight is 465 g/mol. The molecule has 0 bridgehead atoms. The van der Waals surface area contributed by atoms with Crippen LogP contribution in [0.25, 0.3) is 0 Å². The summed E-state index contributed by atoms with van der Waals surface area (Å²) in [5, 5.41) is 2.91. The highest BCUT2D eigenvalue weighted by atomic mass is 79.9. The van der Waals surface area contributed by atoms with E-state index in [9.17, 15) is 14.0 Å². The third-order valence-electron chi connectivity index (χ3n) is 4.11. The van der Waals surface area contributed by atoms with Crippen LogP contribution < -0.4 is 10.1 Å². The maximum Gasteiger partial charge on any atom is 0.261 e. The minimum atomic E-state index is -0.692. The second kappa shape index (κ2) is 9.87. The van der Waals surface area contributed by atoms with Crippen LogP contribution in [-0.2, 0) is 16.1 Å². The van der Waals surface area contributed by atoms with E-state index in [-0.39, 0.29) is 30.8 Å². The van der Waals surface area contributed by atoms with Gasteiger partial charge in [-0.2, -0.15) is 0 Å². The molecular formula is C22H26BrFN2O3. The topological polar surface area (TPSA) is 58.6 Å². The monoisotopic (exact) mass is 464 g/mol. The number of amides is 2.